The Labute approximate surface area is 130 Å². The maximum absolute atomic E-state index is 12.3. The minimum atomic E-state index is -0.0735. The lowest BCUT2D eigenvalue weighted by Crippen LogP contribution is -2.30. The average molecular weight is 302 g/mol. The number of thiophene rings is 1. The molecule has 1 amide bonds. The summed E-state index contributed by atoms with van der Waals surface area (Å²) in [5, 5.41) is 2.04. The van der Waals surface area contributed by atoms with Gasteiger partial charge >= 0.3 is 0 Å². The predicted octanol–water partition coefficient (Wildman–Crippen LogP) is 3.58. The van der Waals surface area contributed by atoms with Crippen LogP contribution in [-0.2, 0) is 11.3 Å². The van der Waals surface area contributed by atoms with E-state index in [4.69, 9.17) is 5.73 Å². The van der Waals surface area contributed by atoms with Crippen molar-refractivity contribution in [3.8, 4) is 0 Å². The Bertz CT molecular complexity index is 539. The van der Waals surface area contributed by atoms with E-state index in [1.54, 1.807) is 11.3 Å². The molecule has 1 unspecified atom stereocenters. The molecule has 3 nitrogen and oxygen atoms in total. The minimum absolute atomic E-state index is 0.0735. The van der Waals surface area contributed by atoms with Gasteiger partial charge in [-0.25, -0.2) is 0 Å². The van der Waals surface area contributed by atoms with Crippen molar-refractivity contribution in [3.63, 3.8) is 0 Å². The molecular weight excluding hydrogens is 280 g/mol. The van der Waals surface area contributed by atoms with Crippen LogP contribution in [0.3, 0.4) is 0 Å². The van der Waals surface area contributed by atoms with Gasteiger partial charge in [0.25, 0.3) is 0 Å². The number of benzene rings is 1. The van der Waals surface area contributed by atoms with Gasteiger partial charge in [0.15, 0.2) is 0 Å². The Morgan fingerprint density at radius 1 is 1.24 bits per heavy atom. The van der Waals surface area contributed by atoms with Crippen LogP contribution in [0.5, 0.6) is 0 Å². The van der Waals surface area contributed by atoms with E-state index in [9.17, 15) is 4.79 Å². The third-order valence-electron chi connectivity index (χ3n) is 3.56. The molecular formula is C17H22N2OS. The molecule has 4 heteroatoms. The molecule has 0 fully saturated rings. The monoisotopic (exact) mass is 302 g/mol. The zero-order chi connectivity index (χ0) is 15.1. The predicted molar refractivity (Wildman–Crippen MR) is 88.0 cm³/mol. The Balaban J connectivity index is 1.85. The maximum atomic E-state index is 12.3. The molecule has 2 N–H and O–H groups in total. The molecule has 1 atom stereocenters. The Kier molecular flexibility index (Phi) is 5.96. The van der Waals surface area contributed by atoms with Gasteiger partial charge in [-0.2, -0.15) is 0 Å². The number of hydrogen-bond donors (Lipinski definition) is 1. The van der Waals surface area contributed by atoms with Gasteiger partial charge in [0, 0.05) is 23.9 Å². The Morgan fingerprint density at radius 2 is 2.00 bits per heavy atom. The van der Waals surface area contributed by atoms with Crippen LogP contribution in [0.2, 0.25) is 0 Å². The summed E-state index contributed by atoms with van der Waals surface area (Å²) in [5.41, 5.74) is 7.24. The first-order valence-electron chi connectivity index (χ1n) is 7.31. The second-order valence-electron chi connectivity index (χ2n) is 5.04. The van der Waals surface area contributed by atoms with Crippen LogP contribution in [0.15, 0.2) is 47.8 Å². The highest BCUT2D eigenvalue weighted by Crippen LogP contribution is 2.17. The van der Waals surface area contributed by atoms with Crippen molar-refractivity contribution in [1.29, 1.82) is 0 Å². The molecule has 112 valence electrons. The number of rotatable bonds is 7. The van der Waals surface area contributed by atoms with Crippen molar-refractivity contribution >= 4 is 17.2 Å². The lowest BCUT2D eigenvalue weighted by Gasteiger charge is -2.21. The molecule has 0 saturated carbocycles. The highest BCUT2D eigenvalue weighted by molar-refractivity contribution is 7.09. The Morgan fingerprint density at radius 3 is 2.62 bits per heavy atom. The molecule has 1 aromatic heterocycles. The van der Waals surface area contributed by atoms with Gasteiger partial charge in [-0.05, 0) is 30.4 Å². The standard InChI is InChI=1S/C17H22N2OS/c1-2-19(13-15-9-6-12-21-15)17(20)11-10-16(18)14-7-4-3-5-8-14/h3-9,12,16H,2,10-11,13,18H2,1H3. The summed E-state index contributed by atoms with van der Waals surface area (Å²) in [4.78, 5) is 15.4. The van der Waals surface area contributed by atoms with Crippen LogP contribution in [0.4, 0.5) is 0 Å². The average Bonchev–Trinajstić information content (AvgIpc) is 3.03. The van der Waals surface area contributed by atoms with E-state index >= 15 is 0 Å². The van der Waals surface area contributed by atoms with Crippen molar-refractivity contribution in [2.45, 2.75) is 32.4 Å². The summed E-state index contributed by atoms with van der Waals surface area (Å²) >= 11 is 1.69. The quantitative estimate of drug-likeness (QED) is 0.850. The third-order valence-corrected chi connectivity index (χ3v) is 4.42. The number of amides is 1. The van der Waals surface area contributed by atoms with Crippen molar-refractivity contribution in [1.82, 2.24) is 4.90 Å². The van der Waals surface area contributed by atoms with E-state index in [1.165, 1.54) is 4.88 Å². The zero-order valence-corrected chi connectivity index (χ0v) is 13.2. The molecule has 1 heterocycles. The van der Waals surface area contributed by atoms with Crippen LogP contribution < -0.4 is 5.73 Å². The molecule has 0 radical (unpaired) electrons. The highest BCUT2D eigenvalue weighted by Gasteiger charge is 2.15. The fourth-order valence-electron chi connectivity index (χ4n) is 2.27. The summed E-state index contributed by atoms with van der Waals surface area (Å²) in [6.45, 7) is 3.45. The summed E-state index contributed by atoms with van der Waals surface area (Å²) in [6, 6.07) is 14.0. The van der Waals surface area contributed by atoms with Gasteiger partial charge in [-0.1, -0.05) is 36.4 Å². The molecule has 0 aliphatic rings. The third kappa shape index (κ3) is 4.69. The van der Waals surface area contributed by atoms with E-state index in [-0.39, 0.29) is 11.9 Å². The van der Waals surface area contributed by atoms with E-state index in [2.05, 4.69) is 6.07 Å². The minimum Gasteiger partial charge on any atom is -0.338 e. The number of hydrogen-bond acceptors (Lipinski definition) is 3. The van der Waals surface area contributed by atoms with Gasteiger partial charge < -0.3 is 10.6 Å². The molecule has 0 aliphatic carbocycles. The summed E-state index contributed by atoms with van der Waals surface area (Å²) in [7, 11) is 0. The van der Waals surface area contributed by atoms with Crippen molar-refractivity contribution in [2.24, 2.45) is 5.73 Å². The number of nitrogens with two attached hydrogens (primary N) is 1. The highest BCUT2D eigenvalue weighted by atomic mass is 32.1. The van der Waals surface area contributed by atoms with Gasteiger partial charge in [0.05, 0.1) is 6.54 Å². The first-order valence-corrected chi connectivity index (χ1v) is 8.19. The fraction of sp³-hybridized carbons (Fsp3) is 0.353. The SMILES string of the molecule is CCN(Cc1cccs1)C(=O)CCC(N)c1ccccc1. The smallest absolute Gasteiger partial charge is 0.222 e. The number of carbonyl (C=O) groups is 1. The van der Waals surface area contributed by atoms with E-state index in [1.807, 2.05) is 53.6 Å². The normalized spacial score (nSPS) is 12.1. The van der Waals surface area contributed by atoms with Gasteiger partial charge in [0.1, 0.15) is 0 Å². The summed E-state index contributed by atoms with van der Waals surface area (Å²) in [5.74, 6) is 0.178. The number of carbonyl (C=O) groups excluding carboxylic acids is 1. The summed E-state index contributed by atoms with van der Waals surface area (Å²) < 4.78 is 0. The van der Waals surface area contributed by atoms with Gasteiger partial charge in [-0.3, -0.25) is 4.79 Å². The van der Waals surface area contributed by atoms with E-state index in [0.717, 1.165) is 12.1 Å². The molecule has 21 heavy (non-hydrogen) atoms. The molecule has 0 saturated heterocycles. The van der Waals surface area contributed by atoms with Gasteiger partial charge in [-0.15, -0.1) is 11.3 Å². The lowest BCUT2D eigenvalue weighted by molar-refractivity contribution is -0.131. The molecule has 0 aliphatic heterocycles. The molecule has 1 aromatic carbocycles. The lowest BCUT2D eigenvalue weighted by atomic mass is 10.0. The van der Waals surface area contributed by atoms with Crippen LogP contribution in [0.1, 0.15) is 36.2 Å². The van der Waals surface area contributed by atoms with Crippen LogP contribution >= 0.6 is 11.3 Å². The fourth-order valence-corrected chi connectivity index (χ4v) is 2.99. The molecule has 2 rings (SSSR count). The van der Waals surface area contributed by atoms with Crippen LogP contribution in [0.25, 0.3) is 0 Å². The molecule has 0 bridgehead atoms. The first-order chi connectivity index (χ1) is 10.2. The van der Waals surface area contributed by atoms with Gasteiger partial charge in [0.2, 0.25) is 5.91 Å². The first kappa shape index (κ1) is 15.7. The van der Waals surface area contributed by atoms with Crippen molar-refractivity contribution < 1.29 is 4.79 Å². The van der Waals surface area contributed by atoms with Crippen molar-refractivity contribution in [3.05, 3.63) is 58.3 Å². The topological polar surface area (TPSA) is 46.3 Å². The van der Waals surface area contributed by atoms with Crippen molar-refractivity contribution in [2.75, 3.05) is 6.54 Å². The largest absolute Gasteiger partial charge is 0.338 e. The van der Waals surface area contributed by atoms with Crippen LogP contribution in [0, 0.1) is 0 Å². The van der Waals surface area contributed by atoms with E-state index < -0.39 is 0 Å². The second-order valence-corrected chi connectivity index (χ2v) is 6.08. The number of nitrogens with zero attached hydrogens (tertiary/aromatic N) is 1. The van der Waals surface area contributed by atoms with E-state index in [0.29, 0.717) is 19.4 Å². The Hall–Kier alpha value is -1.65. The maximum Gasteiger partial charge on any atom is 0.222 e. The molecule has 0 spiro atoms. The second kappa shape index (κ2) is 7.96. The van der Waals surface area contributed by atoms with Crippen LogP contribution in [-0.4, -0.2) is 17.4 Å². The zero-order valence-electron chi connectivity index (χ0n) is 12.4. The summed E-state index contributed by atoms with van der Waals surface area (Å²) in [6.07, 6.45) is 1.18. The molecule has 2 aromatic rings.